The lowest BCUT2D eigenvalue weighted by Gasteiger charge is -2.30. The van der Waals surface area contributed by atoms with Crippen molar-refractivity contribution in [2.75, 3.05) is 9.80 Å². The number of para-hydroxylation sites is 2. The monoisotopic (exact) mass is 285 g/mol. The average molecular weight is 285 g/mol. The molecule has 0 unspecified atom stereocenters. The third-order valence-corrected chi connectivity index (χ3v) is 3.34. The molecule has 6 heteroatoms. The van der Waals surface area contributed by atoms with Crippen molar-refractivity contribution in [1.29, 1.82) is 0 Å². The van der Waals surface area contributed by atoms with Crippen molar-refractivity contribution in [2.45, 2.75) is 39.8 Å². The lowest BCUT2D eigenvalue weighted by Crippen LogP contribution is -2.37. The molecule has 6 nitrogen and oxygen atoms in total. The Bertz CT molecular complexity index is 629. The first-order chi connectivity index (χ1) is 9.97. The highest BCUT2D eigenvalue weighted by molar-refractivity contribution is 6.09. The van der Waals surface area contributed by atoms with Crippen molar-refractivity contribution in [2.24, 2.45) is 5.11 Å². The van der Waals surface area contributed by atoms with Crippen LogP contribution in [0.2, 0.25) is 0 Å². The third-order valence-electron chi connectivity index (χ3n) is 3.34. The van der Waals surface area contributed by atoms with Gasteiger partial charge in [0.1, 0.15) is 5.70 Å². The van der Waals surface area contributed by atoms with Crippen molar-refractivity contribution < 1.29 is 4.79 Å². The first kappa shape index (κ1) is 14.9. The van der Waals surface area contributed by atoms with Crippen molar-refractivity contribution in [3.8, 4) is 0 Å². The molecule has 0 fully saturated rings. The number of azide groups is 1. The van der Waals surface area contributed by atoms with E-state index in [1.807, 2.05) is 56.9 Å². The summed E-state index contributed by atoms with van der Waals surface area (Å²) >= 11 is 0. The smallest absolute Gasteiger partial charge is 0.262 e. The fourth-order valence-corrected chi connectivity index (χ4v) is 2.43. The Morgan fingerprint density at radius 3 is 2.24 bits per heavy atom. The average Bonchev–Trinajstić information content (AvgIpc) is 2.55. The molecule has 0 bridgehead atoms. The Morgan fingerprint density at radius 1 is 1.10 bits per heavy atom. The molecule has 1 aliphatic rings. The fourth-order valence-electron chi connectivity index (χ4n) is 2.43. The number of rotatable bonds is 3. The zero-order valence-electron chi connectivity index (χ0n) is 12.7. The van der Waals surface area contributed by atoms with E-state index >= 15 is 0 Å². The van der Waals surface area contributed by atoms with Gasteiger partial charge in [0.15, 0.2) is 0 Å². The molecule has 0 aromatic heterocycles. The fraction of sp³-hybridized carbons (Fsp3) is 0.400. The number of amides is 1. The van der Waals surface area contributed by atoms with Gasteiger partial charge in [-0.2, -0.15) is 0 Å². The lowest BCUT2D eigenvalue weighted by atomic mass is 10.2. The quantitative estimate of drug-likeness (QED) is 0.481. The standard InChI is InChI=1S/C15H19N5O/c1-10(2)19-9-12(17-18-16)15(21)20(11(3)4)14-8-6-5-7-13(14)19/h5-11H,1-4H3. The van der Waals surface area contributed by atoms with Crippen molar-refractivity contribution in [3.63, 3.8) is 0 Å². The Labute approximate surface area is 124 Å². The molecule has 1 aromatic rings. The molecule has 0 saturated carbocycles. The van der Waals surface area contributed by atoms with E-state index in [4.69, 9.17) is 5.53 Å². The minimum Gasteiger partial charge on any atom is -0.343 e. The molecule has 110 valence electrons. The number of anilines is 2. The van der Waals surface area contributed by atoms with E-state index in [1.165, 1.54) is 0 Å². The Hall–Kier alpha value is -2.46. The molecule has 0 N–H and O–H groups in total. The molecule has 0 atom stereocenters. The summed E-state index contributed by atoms with van der Waals surface area (Å²) < 4.78 is 0. The summed E-state index contributed by atoms with van der Waals surface area (Å²) in [5, 5.41) is 3.58. The number of carbonyl (C=O) groups is 1. The Morgan fingerprint density at radius 2 is 1.71 bits per heavy atom. The maximum atomic E-state index is 12.7. The van der Waals surface area contributed by atoms with E-state index < -0.39 is 0 Å². The molecule has 0 aliphatic carbocycles. The topological polar surface area (TPSA) is 72.3 Å². The summed E-state index contributed by atoms with van der Waals surface area (Å²) in [5.74, 6) is -0.279. The zero-order chi connectivity index (χ0) is 15.6. The molecule has 2 rings (SSSR count). The highest BCUT2D eigenvalue weighted by Crippen LogP contribution is 2.36. The van der Waals surface area contributed by atoms with Crippen molar-refractivity contribution in [1.82, 2.24) is 0 Å². The summed E-state index contributed by atoms with van der Waals surface area (Å²) in [5.41, 5.74) is 10.6. The minimum absolute atomic E-state index is 0.0388. The molecule has 1 aliphatic heterocycles. The highest BCUT2D eigenvalue weighted by Gasteiger charge is 2.29. The zero-order valence-corrected chi connectivity index (χ0v) is 12.7. The number of nitrogens with zero attached hydrogens (tertiary/aromatic N) is 5. The lowest BCUT2D eigenvalue weighted by molar-refractivity contribution is -0.115. The number of carbonyl (C=O) groups excluding carboxylic acids is 1. The van der Waals surface area contributed by atoms with Crippen molar-refractivity contribution >= 4 is 17.3 Å². The predicted octanol–water partition coefficient (Wildman–Crippen LogP) is 3.81. The summed E-state index contributed by atoms with van der Waals surface area (Å²) in [7, 11) is 0. The van der Waals surface area contributed by atoms with Crippen LogP contribution in [0.1, 0.15) is 27.7 Å². The molecule has 0 spiro atoms. The predicted molar refractivity (Wildman–Crippen MR) is 83.9 cm³/mol. The van der Waals surface area contributed by atoms with Gasteiger partial charge in [0.25, 0.3) is 5.91 Å². The molecule has 21 heavy (non-hydrogen) atoms. The maximum Gasteiger partial charge on any atom is 0.262 e. The largest absolute Gasteiger partial charge is 0.343 e. The van der Waals surface area contributed by atoms with Gasteiger partial charge in [0, 0.05) is 23.2 Å². The van der Waals surface area contributed by atoms with Crippen LogP contribution < -0.4 is 9.80 Å². The summed E-state index contributed by atoms with van der Waals surface area (Å²) in [6.07, 6.45) is 1.63. The van der Waals surface area contributed by atoms with Gasteiger partial charge in [-0.1, -0.05) is 17.2 Å². The molecular weight excluding hydrogens is 266 g/mol. The summed E-state index contributed by atoms with van der Waals surface area (Å²) in [4.78, 5) is 19.1. The first-order valence-corrected chi connectivity index (χ1v) is 6.95. The third kappa shape index (κ3) is 2.71. The summed E-state index contributed by atoms with van der Waals surface area (Å²) in [6, 6.07) is 7.81. The second-order valence-electron chi connectivity index (χ2n) is 5.46. The number of fused-ring (bicyclic) bond motifs is 1. The van der Waals surface area contributed by atoms with Gasteiger partial charge in [-0.3, -0.25) is 4.79 Å². The van der Waals surface area contributed by atoms with E-state index in [1.54, 1.807) is 11.1 Å². The van der Waals surface area contributed by atoms with Gasteiger partial charge in [-0.25, -0.2) is 0 Å². The molecule has 0 saturated heterocycles. The van der Waals surface area contributed by atoms with E-state index in [0.29, 0.717) is 0 Å². The van der Waals surface area contributed by atoms with Gasteiger partial charge >= 0.3 is 0 Å². The van der Waals surface area contributed by atoms with Crippen LogP contribution in [-0.2, 0) is 4.79 Å². The van der Waals surface area contributed by atoms with Gasteiger partial charge in [0.05, 0.1) is 11.4 Å². The maximum absolute atomic E-state index is 12.7. The number of benzene rings is 1. The van der Waals surface area contributed by atoms with Crippen molar-refractivity contribution in [3.05, 3.63) is 46.6 Å². The van der Waals surface area contributed by atoms with Crippen LogP contribution in [0.5, 0.6) is 0 Å². The Kier molecular flexibility index (Phi) is 4.19. The van der Waals surface area contributed by atoms with Crippen LogP contribution in [0.25, 0.3) is 10.4 Å². The van der Waals surface area contributed by atoms with Gasteiger partial charge in [-0.05, 0) is 45.4 Å². The van der Waals surface area contributed by atoms with Crippen LogP contribution in [0.4, 0.5) is 11.4 Å². The molecular formula is C15H19N5O. The molecule has 0 radical (unpaired) electrons. The Balaban J connectivity index is 2.72. The molecule has 1 heterocycles. The normalized spacial score (nSPS) is 14.8. The second-order valence-corrected chi connectivity index (χ2v) is 5.46. The molecule has 1 amide bonds. The van der Waals surface area contributed by atoms with Gasteiger partial charge in [0.2, 0.25) is 0 Å². The van der Waals surface area contributed by atoms with Gasteiger partial charge < -0.3 is 9.80 Å². The molecule has 1 aromatic carbocycles. The first-order valence-electron chi connectivity index (χ1n) is 6.95. The minimum atomic E-state index is -0.279. The van der Waals surface area contributed by atoms with E-state index in [9.17, 15) is 4.79 Å². The van der Waals surface area contributed by atoms with E-state index in [0.717, 1.165) is 11.4 Å². The van der Waals surface area contributed by atoms with E-state index in [2.05, 4.69) is 10.0 Å². The van der Waals surface area contributed by atoms with E-state index in [-0.39, 0.29) is 23.7 Å². The van der Waals surface area contributed by atoms with Gasteiger partial charge in [-0.15, -0.1) is 0 Å². The van der Waals surface area contributed by atoms with Crippen LogP contribution in [-0.4, -0.2) is 18.0 Å². The van der Waals surface area contributed by atoms with Crippen LogP contribution in [0, 0.1) is 0 Å². The van der Waals surface area contributed by atoms with Crippen LogP contribution >= 0.6 is 0 Å². The second kappa shape index (κ2) is 5.89. The van der Waals surface area contributed by atoms with Crippen LogP contribution in [0.3, 0.4) is 0 Å². The summed E-state index contributed by atoms with van der Waals surface area (Å²) in [6.45, 7) is 7.92. The SMILES string of the molecule is CC(C)N1C=C(N=[N+]=[N-])C(=O)N(C(C)C)c2ccccc21. The number of hydrogen-bond acceptors (Lipinski definition) is 3. The highest BCUT2D eigenvalue weighted by atomic mass is 16.2. The number of hydrogen-bond donors (Lipinski definition) is 0. The van der Waals surface area contributed by atoms with Crippen LogP contribution in [0.15, 0.2) is 41.3 Å².